The van der Waals surface area contributed by atoms with Crippen molar-refractivity contribution in [2.45, 2.75) is 108 Å². The molecule has 8 nitrogen and oxygen atoms in total. The Balaban J connectivity index is 1.29. The number of benzene rings is 3. The van der Waals surface area contributed by atoms with Gasteiger partial charge in [0, 0.05) is 35.8 Å². The lowest BCUT2D eigenvalue weighted by Gasteiger charge is -2.50. The maximum absolute atomic E-state index is 14.4. The molecule has 3 N–H and O–H groups in total. The average Bonchev–Trinajstić information content (AvgIpc) is 3.12. The van der Waals surface area contributed by atoms with E-state index in [2.05, 4.69) is 15.5 Å². The Kier molecular flexibility index (Phi) is 11.3. The van der Waals surface area contributed by atoms with E-state index in [1.165, 1.54) is 18.2 Å². The molecule has 6 atom stereocenters. The predicted molar refractivity (Wildman–Crippen MR) is 182 cm³/mol. The number of fused-ring (bicyclic) bond motifs is 1. The Labute approximate surface area is 299 Å². The second-order valence-corrected chi connectivity index (χ2v) is 15.0. The largest absolute Gasteiger partial charge is 0.392 e. The van der Waals surface area contributed by atoms with Crippen LogP contribution in [0.5, 0.6) is 0 Å². The van der Waals surface area contributed by atoms with Crippen LogP contribution in [0.1, 0.15) is 105 Å². The Morgan fingerprint density at radius 1 is 0.846 bits per heavy atom. The molecule has 2 aliphatic heterocycles. The van der Waals surface area contributed by atoms with Crippen LogP contribution in [0.15, 0.2) is 48.5 Å². The quantitative estimate of drug-likeness (QED) is 0.126. The van der Waals surface area contributed by atoms with Crippen molar-refractivity contribution in [1.82, 2.24) is 10.2 Å². The summed E-state index contributed by atoms with van der Waals surface area (Å²) in [7, 11) is 0. The minimum absolute atomic E-state index is 0.00427. The molecular weight excluding hydrogens is 685 g/mol. The first-order chi connectivity index (χ1) is 24.7. The number of aliphatic hydroxyl groups excluding tert-OH is 1. The van der Waals surface area contributed by atoms with Gasteiger partial charge in [-0.25, -0.2) is 22.0 Å². The van der Waals surface area contributed by atoms with Gasteiger partial charge in [0.2, 0.25) is 11.7 Å². The first-order valence-electron chi connectivity index (χ1n) is 17.7. The summed E-state index contributed by atoms with van der Waals surface area (Å²) in [5, 5.41) is 15.0. The number of amides is 2. The number of aliphatic hydroxyl groups is 1. The van der Waals surface area contributed by atoms with Crippen LogP contribution >= 0.6 is 0 Å². The van der Waals surface area contributed by atoms with E-state index in [4.69, 9.17) is 9.47 Å². The molecule has 52 heavy (non-hydrogen) atoms. The van der Waals surface area contributed by atoms with Gasteiger partial charge in [-0.1, -0.05) is 49.2 Å². The van der Waals surface area contributed by atoms with Crippen LogP contribution in [-0.2, 0) is 20.9 Å². The molecule has 3 fully saturated rings. The SMILES string of the molecule is CC(C)(C)NC(=O)C1CCC2CCCCC2N1CC1CC(c2ccc(CO)cc2)OC(c2cccc(NC(=O)c3c(F)c(F)c(F)c(F)c3F)c2)O1. The van der Waals surface area contributed by atoms with Crippen molar-refractivity contribution in [3.05, 3.63) is 99.9 Å². The molecule has 0 aromatic heterocycles. The summed E-state index contributed by atoms with van der Waals surface area (Å²) in [5.41, 5.74) is -0.0216. The lowest BCUT2D eigenvalue weighted by molar-refractivity contribution is -0.255. The number of nitrogens with zero attached hydrogens (tertiary/aromatic N) is 1. The van der Waals surface area contributed by atoms with E-state index < -0.39 is 64.6 Å². The summed E-state index contributed by atoms with van der Waals surface area (Å²) in [6, 6.07) is 13.3. The van der Waals surface area contributed by atoms with Gasteiger partial charge in [-0.3, -0.25) is 14.5 Å². The molecule has 0 radical (unpaired) electrons. The molecule has 3 aromatic rings. The molecule has 0 bridgehead atoms. The third-order valence-corrected chi connectivity index (χ3v) is 10.2. The van der Waals surface area contributed by atoms with E-state index in [0.717, 1.165) is 49.7 Å². The highest BCUT2D eigenvalue weighted by Crippen LogP contribution is 2.42. The maximum atomic E-state index is 14.4. The zero-order chi connectivity index (χ0) is 37.3. The number of hydrogen-bond donors (Lipinski definition) is 3. The zero-order valence-electron chi connectivity index (χ0n) is 29.4. The predicted octanol–water partition coefficient (Wildman–Crippen LogP) is 7.61. The fourth-order valence-electron chi connectivity index (χ4n) is 7.76. The third kappa shape index (κ3) is 8.17. The number of halogens is 5. The van der Waals surface area contributed by atoms with Gasteiger partial charge in [0.15, 0.2) is 29.6 Å². The zero-order valence-corrected chi connectivity index (χ0v) is 29.4. The summed E-state index contributed by atoms with van der Waals surface area (Å²) in [6.07, 6.45) is 4.59. The summed E-state index contributed by atoms with van der Waals surface area (Å²) in [6.45, 7) is 6.20. The van der Waals surface area contributed by atoms with Crippen molar-refractivity contribution in [1.29, 1.82) is 0 Å². The number of carbonyl (C=O) groups is 2. The van der Waals surface area contributed by atoms with Crippen molar-refractivity contribution in [3.8, 4) is 0 Å². The van der Waals surface area contributed by atoms with Gasteiger partial charge in [-0.2, -0.15) is 0 Å². The summed E-state index contributed by atoms with van der Waals surface area (Å²) in [5.74, 6) is -12.4. The van der Waals surface area contributed by atoms with Gasteiger partial charge in [-0.15, -0.1) is 0 Å². The van der Waals surface area contributed by atoms with E-state index in [1.54, 1.807) is 18.2 Å². The molecule has 2 saturated heterocycles. The summed E-state index contributed by atoms with van der Waals surface area (Å²) < 4.78 is 83.2. The van der Waals surface area contributed by atoms with Crippen LogP contribution in [0, 0.1) is 35.0 Å². The highest BCUT2D eigenvalue weighted by Gasteiger charge is 2.44. The van der Waals surface area contributed by atoms with E-state index in [-0.39, 0.29) is 30.3 Å². The molecule has 1 aliphatic carbocycles. The van der Waals surface area contributed by atoms with Gasteiger partial charge in [-0.05, 0) is 75.6 Å². The normalized spacial score (nSPS) is 25.3. The molecule has 13 heteroatoms. The van der Waals surface area contributed by atoms with Gasteiger partial charge < -0.3 is 25.2 Å². The molecule has 6 rings (SSSR count). The molecule has 3 aliphatic rings. The molecule has 6 unspecified atom stereocenters. The van der Waals surface area contributed by atoms with Crippen LogP contribution in [0.4, 0.5) is 27.6 Å². The van der Waals surface area contributed by atoms with Crippen LogP contribution in [0.2, 0.25) is 0 Å². The van der Waals surface area contributed by atoms with Crippen molar-refractivity contribution < 1.29 is 46.1 Å². The number of anilines is 1. The smallest absolute Gasteiger partial charge is 0.261 e. The minimum atomic E-state index is -2.36. The van der Waals surface area contributed by atoms with Crippen LogP contribution in [0.25, 0.3) is 0 Å². The second-order valence-electron chi connectivity index (χ2n) is 15.0. The van der Waals surface area contributed by atoms with E-state index in [9.17, 15) is 36.6 Å². The van der Waals surface area contributed by atoms with Crippen LogP contribution < -0.4 is 10.6 Å². The average molecular weight is 730 g/mol. The van der Waals surface area contributed by atoms with Crippen molar-refractivity contribution in [2.75, 3.05) is 11.9 Å². The fraction of sp³-hybridized carbons (Fsp3) is 0.487. The standard InChI is InChI=1S/C39H44F5N3O5/c1-39(2,3)46-36(49)28-16-15-22-7-4-5-10-27(22)47(28)19-26-18-29(23-13-11-21(20-48)12-14-23)52-38(51-26)24-8-6-9-25(17-24)45-37(50)30-31(40)33(42)35(44)34(43)32(30)41/h6,8-9,11-14,17,22,26-29,38,48H,4-5,7,10,15-16,18-20H2,1-3H3,(H,45,50)(H,46,49). The molecular formula is C39H44F5N3O5. The Hall–Kier alpha value is -3.91. The van der Waals surface area contributed by atoms with Gasteiger partial charge in [0.05, 0.1) is 24.9 Å². The van der Waals surface area contributed by atoms with Crippen molar-refractivity contribution >= 4 is 17.5 Å². The van der Waals surface area contributed by atoms with E-state index in [1.807, 2.05) is 32.9 Å². The van der Waals surface area contributed by atoms with E-state index in [0.29, 0.717) is 24.4 Å². The number of nitrogens with one attached hydrogen (secondary N) is 2. The number of ether oxygens (including phenoxy) is 2. The maximum Gasteiger partial charge on any atom is 0.261 e. The molecule has 0 spiro atoms. The minimum Gasteiger partial charge on any atom is -0.392 e. The number of piperidine rings is 1. The lowest BCUT2D eigenvalue weighted by Crippen LogP contribution is -2.61. The Morgan fingerprint density at radius 2 is 1.52 bits per heavy atom. The Morgan fingerprint density at radius 3 is 2.19 bits per heavy atom. The van der Waals surface area contributed by atoms with Crippen molar-refractivity contribution in [3.63, 3.8) is 0 Å². The molecule has 280 valence electrons. The summed E-state index contributed by atoms with van der Waals surface area (Å²) in [4.78, 5) is 28.9. The first kappa shape index (κ1) is 37.8. The van der Waals surface area contributed by atoms with Gasteiger partial charge in [0.1, 0.15) is 5.56 Å². The fourth-order valence-corrected chi connectivity index (χ4v) is 7.76. The first-order valence-corrected chi connectivity index (χ1v) is 17.7. The van der Waals surface area contributed by atoms with Crippen molar-refractivity contribution in [2.24, 2.45) is 5.92 Å². The topological polar surface area (TPSA) is 100 Å². The molecule has 1 saturated carbocycles. The second kappa shape index (κ2) is 15.6. The monoisotopic (exact) mass is 729 g/mol. The van der Waals surface area contributed by atoms with E-state index >= 15 is 0 Å². The number of rotatable bonds is 8. The summed E-state index contributed by atoms with van der Waals surface area (Å²) >= 11 is 0. The van der Waals surface area contributed by atoms with Gasteiger partial charge >= 0.3 is 0 Å². The highest BCUT2D eigenvalue weighted by molar-refractivity contribution is 6.04. The van der Waals surface area contributed by atoms with Gasteiger partial charge in [0.25, 0.3) is 5.91 Å². The third-order valence-electron chi connectivity index (χ3n) is 10.2. The van der Waals surface area contributed by atoms with Crippen LogP contribution in [-0.4, -0.2) is 52.1 Å². The number of hydrogen-bond acceptors (Lipinski definition) is 6. The molecule has 2 amide bonds. The number of likely N-dealkylation sites (tertiary alicyclic amines) is 1. The number of carbonyl (C=O) groups excluding carboxylic acids is 2. The highest BCUT2D eigenvalue weighted by atomic mass is 19.2. The Bertz CT molecular complexity index is 1760. The molecule has 3 aromatic carbocycles. The van der Waals surface area contributed by atoms with Crippen LogP contribution in [0.3, 0.4) is 0 Å². The lowest BCUT2D eigenvalue weighted by atomic mass is 9.75. The molecule has 2 heterocycles.